The van der Waals surface area contributed by atoms with Crippen LogP contribution in [0, 0.1) is 0 Å². The average molecular weight is 167 g/mol. The summed E-state index contributed by atoms with van der Waals surface area (Å²) >= 11 is 1.84. The van der Waals surface area contributed by atoms with Gasteiger partial charge in [0.05, 0.1) is 0 Å². The third-order valence-electron chi connectivity index (χ3n) is 2.44. The van der Waals surface area contributed by atoms with Gasteiger partial charge in [0.25, 0.3) is 0 Å². The minimum Gasteiger partial charge on any atom is -0.324 e. The van der Waals surface area contributed by atoms with Gasteiger partial charge >= 0.3 is 0 Å². The normalized spacial score (nSPS) is 27.0. The molecule has 2 N–H and O–H groups in total. The molecule has 0 radical (unpaired) electrons. The van der Waals surface area contributed by atoms with Gasteiger partial charge in [-0.05, 0) is 23.4 Å². The highest BCUT2D eigenvalue weighted by Crippen LogP contribution is 2.46. The Morgan fingerprint density at radius 2 is 2.36 bits per heavy atom. The Morgan fingerprint density at radius 3 is 3.00 bits per heavy atom. The summed E-state index contributed by atoms with van der Waals surface area (Å²) in [6.07, 6.45) is 1.11. The van der Waals surface area contributed by atoms with Crippen molar-refractivity contribution in [1.29, 1.82) is 0 Å². The van der Waals surface area contributed by atoms with Crippen LogP contribution in [0.1, 0.15) is 36.8 Å². The van der Waals surface area contributed by atoms with Gasteiger partial charge in [0, 0.05) is 16.3 Å². The fourth-order valence-electron chi connectivity index (χ4n) is 1.91. The van der Waals surface area contributed by atoms with Crippen LogP contribution in [-0.4, -0.2) is 0 Å². The van der Waals surface area contributed by atoms with Crippen molar-refractivity contribution < 1.29 is 0 Å². The van der Waals surface area contributed by atoms with Crippen molar-refractivity contribution in [2.24, 2.45) is 5.73 Å². The van der Waals surface area contributed by atoms with Crippen LogP contribution in [0.5, 0.6) is 0 Å². The van der Waals surface area contributed by atoms with Crippen LogP contribution in [0.4, 0.5) is 0 Å². The maximum absolute atomic E-state index is 5.97. The lowest BCUT2D eigenvalue weighted by Crippen LogP contribution is -2.13. The number of hydrogen-bond acceptors (Lipinski definition) is 2. The van der Waals surface area contributed by atoms with Gasteiger partial charge in [-0.15, -0.1) is 11.3 Å². The third kappa shape index (κ3) is 0.932. The Kier molecular flexibility index (Phi) is 1.38. The van der Waals surface area contributed by atoms with Crippen LogP contribution in [0.25, 0.3) is 0 Å². The fourth-order valence-corrected chi connectivity index (χ4v) is 3.02. The molecular weight excluding hydrogens is 154 g/mol. The molecule has 11 heavy (non-hydrogen) atoms. The van der Waals surface area contributed by atoms with E-state index in [9.17, 15) is 0 Å². The molecule has 0 saturated carbocycles. The molecule has 1 heterocycles. The van der Waals surface area contributed by atoms with Gasteiger partial charge in [0.1, 0.15) is 0 Å². The maximum atomic E-state index is 5.97. The van der Waals surface area contributed by atoms with Crippen molar-refractivity contribution in [3.8, 4) is 0 Å². The van der Waals surface area contributed by atoms with Crippen LogP contribution in [0.15, 0.2) is 11.4 Å². The molecule has 0 amide bonds. The first-order valence-corrected chi connectivity index (χ1v) is 4.83. The monoisotopic (exact) mass is 167 g/mol. The van der Waals surface area contributed by atoms with Gasteiger partial charge in [-0.2, -0.15) is 0 Å². The topological polar surface area (TPSA) is 26.0 Å². The van der Waals surface area contributed by atoms with E-state index in [1.807, 2.05) is 11.3 Å². The molecule has 60 valence electrons. The first kappa shape index (κ1) is 7.32. The van der Waals surface area contributed by atoms with E-state index in [2.05, 4.69) is 25.3 Å². The molecule has 2 heteroatoms. The second kappa shape index (κ2) is 2.08. The summed E-state index contributed by atoms with van der Waals surface area (Å²) in [5.41, 5.74) is 7.67. The first-order chi connectivity index (χ1) is 5.11. The third-order valence-corrected chi connectivity index (χ3v) is 3.74. The molecule has 1 nitrogen and oxygen atoms in total. The predicted octanol–water partition coefficient (Wildman–Crippen LogP) is 2.43. The predicted molar refractivity (Wildman–Crippen MR) is 48.9 cm³/mol. The van der Waals surface area contributed by atoms with Gasteiger partial charge in [-0.25, -0.2) is 0 Å². The Morgan fingerprint density at radius 1 is 1.64 bits per heavy atom. The Balaban J connectivity index is 2.54. The summed E-state index contributed by atoms with van der Waals surface area (Å²) < 4.78 is 0. The van der Waals surface area contributed by atoms with Gasteiger partial charge in [0.15, 0.2) is 0 Å². The molecule has 1 atom stereocenters. The summed E-state index contributed by atoms with van der Waals surface area (Å²) in [6, 6.07) is 2.45. The molecule has 0 aliphatic heterocycles. The van der Waals surface area contributed by atoms with Crippen molar-refractivity contribution in [3.05, 3.63) is 21.9 Å². The van der Waals surface area contributed by atoms with E-state index < -0.39 is 0 Å². The number of nitrogens with two attached hydrogens (primary N) is 1. The number of hydrogen-bond donors (Lipinski definition) is 1. The van der Waals surface area contributed by atoms with E-state index in [4.69, 9.17) is 5.73 Å². The molecular formula is C9H13NS. The Hall–Kier alpha value is -0.340. The minimum absolute atomic E-state index is 0.284. The summed E-state index contributed by atoms with van der Waals surface area (Å²) in [6.45, 7) is 4.55. The van der Waals surface area contributed by atoms with Crippen LogP contribution >= 0.6 is 11.3 Å². The fraction of sp³-hybridized carbons (Fsp3) is 0.556. The molecule has 1 aromatic heterocycles. The standard InChI is InChI=1S/C9H13NS/c1-9(2)5-7(10)6-3-4-11-8(6)9/h3-4,7H,5,10H2,1-2H3/t7-/m1/s1. The lowest BCUT2D eigenvalue weighted by Gasteiger charge is -2.16. The van der Waals surface area contributed by atoms with Gasteiger partial charge in [0.2, 0.25) is 0 Å². The number of thiophene rings is 1. The van der Waals surface area contributed by atoms with Crippen molar-refractivity contribution in [1.82, 2.24) is 0 Å². The summed E-state index contributed by atoms with van der Waals surface area (Å²) in [4.78, 5) is 1.49. The van der Waals surface area contributed by atoms with Crippen molar-refractivity contribution in [3.63, 3.8) is 0 Å². The molecule has 0 bridgehead atoms. The smallest absolute Gasteiger partial charge is 0.0314 e. The largest absolute Gasteiger partial charge is 0.324 e. The first-order valence-electron chi connectivity index (χ1n) is 3.95. The van der Waals surface area contributed by atoms with Crippen LogP contribution in [0.2, 0.25) is 0 Å². The summed E-state index contributed by atoms with van der Waals surface area (Å²) in [7, 11) is 0. The Bertz CT molecular complexity index is 275. The van der Waals surface area contributed by atoms with E-state index in [-0.39, 0.29) is 6.04 Å². The van der Waals surface area contributed by atoms with Crippen molar-refractivity contribution in [2.45, 2.75) is 31.7 Å². The second-order valence-corrected chi connectivity index (χ2v) is 4.82. The van der Waals surface area contributed by atoms with Crippen molar-refractivity contribution in [2.75, 3.05) is 0 Å². The zero-order valence-corrected chi connectivity index (χ0v) is 7.74. The zero-order chi connectivity index (χ0) is 8.06. The Labute approximate surface area is 71.2 Å². The second-order valence-electron chi connectivity index (χ2n) is 3.90. The molecule has 1 aliphatic carbocycles. The van der Waals surface area contributed by atoms with Crippen LogP contribution < -0.4 is 5.73 Å². The van der Waals surface area contributed by atoms with Crippen LogP contribution in [-0.2, 0) is 5.41 Å². The van der Waals surface area contributed by atoms with E-state index in [1.165, 1.54) is 10.4 Å². The summed E-state index contributed by atoms with van der Waals surface area (Å²) in [5, 5.41) is 2.14. The molecule has 0 aromatic carbocycles. The van der Waals surface area contributed by atoms with Crippen LogP contribution in [0.3, 0.4) is 0 Å². The quantitative estimate of drug-likeness (QED) is 0.631. The van der Waals surface area contributed by atoms with Gasteiger partial charge in [-0.3, -0.25) is 0 Å². The molecule has 0 spiro atoms. The molecule has 2 rings (SSSR count). The van der Waals surface area contributed by atoms with E-state index >= 15 is 0 Å². The highest BCUT2D eigenvalue weighted by molar-refractivity contribution is 7.10. The molecule has 0 unspecified atom stereocenters. The molecule has 1 aromatic rings. The lowest BCUT2D eigenvalue weighted by atomic mass is 9.92. The van der Waals surface area contributed by atoms with Gasteiger partial charge < -0.3 is 5.73 Å². The van der Waals surface area contributed by atoms with Gasteiger partial charge in [-0.1, -0.05) is 13.8 Å². The number of rotatable bonds is 0. The molecule has 1 aliphatic rings. The SMILES string of the molecule is CC1(C)C[C@@H](N)c2ccsc21. The highest BCUT2D eigenvalue weighted by atomic mass is 32.1. The number of fused-ring (bicyclic) bond motifs is 1. The lowest BCUT2D eigenvalue weighted by molar-refractivity contribution is 0.486. The molecule has 0 fully saturated rings. The van der Waals surface area contributed by atoms with E-state index in [0.29, 0.717) is 5.41 Å². The summed E-state index contributed by atoms with van der Waals surface area (Å²) in [5.74, 6) is 0. The highest BCUT2D eigenvalue weighted by Gasteiger charge is 2.35. The zero-order valence-electron chi connectivity index (χ0n) is 6.92. The molecule has 0 saturated heterocycles. The van der Waals surface area contributed by atoms with E-state index in [0.717, 1.165) is 6.42 Å². The average Bonchev–Trinajstić information content (AvgIpc) is 2.37. The maximum Gasteiger partial charge on any atom is 0.0314 e. The van der Waals surface area contributed by atoms with Crippen molar-refractivity contribution >= 4 is 11.3 Å². The van der Waals surface area contributed by atoms with E-state index in [1.54, 1.807) is 0 Å². The minimum atomic E-state index is 0.284.